The second-order valence-electron chi connectivity index (χ2n) is 6.67. The Balaban J connectivity index is 1.48. The summed E-state index contributed by atoms with van der Waals surface area (Å²) in [6.07, 6.45) is 0.473. The Bertz CT molecular complexity index is 984. The fraction of sp³-hybridized carbons (Fsp3) is 0.238. The molecule has 0 aliphatic carbocycles. The lowest BCUT2D eigenvalue weighted by Gasteiger charge is -2.16. The number of rotatable bonds is 7. The number of hydrogen-bond acceptors (Lipinski definition) is 5. The number of carbonyl (C=O) groups excluding carboxylic acids is 2. The average Bonchev–Trinajstić information content (AvgIpc) is 3.17. The molecule has 1 heterocycles. The number of aromatic nitrogens is 2. The molecular formula is C21H21ClN4O3. The molecule has 1 aromatic heterocycles. The first-order valence-corrected chi connectivity index (χ1v) is 9.47. The van der Waals surface area contributed by atoms with Gasteiger partial charge in [-0.2, -0.15) is 0 Å². The molecule has 0 saturated heterocycles. The molecule has 3 aromatic rings. The smallest absolute Gasteiger partial charge is 0.247 e. The number of hydrogen-bond donors (Lipinski definition) is 1. The third kappa shape index (κ3) is 5.89. The lowest BCUT2D eigenvalue weighted by atomic mass is 10.1. The summed E-state index contributed by atoms with van der Waals surface area (Å²) in [5, 5.41) is 11.3. The van der Waals surface area contributed by atoms with Crippen molar-refractivity contribution in [2.75, 3.05) is 18.9 Å². The van der Waals surface area contributed by atoms with E-state index in [1.54, 1.807) is 31.3 Å². The van der Waals surface area contributed by atoms with E-state index in [2.05, 4.69) is 15.5 Å². The number of amides is 2. The average molecular weight is 413 g/mol. The Morgan fingerprint density at radius 1 is 1.07 bits per heavy atom. The third-order valence-corrected chi connectivity index (χ3v) is 4.50. The fourth-order valence-electron chi connectivity index (χ4n) is 2.61. The van der Waals surface area contributed by atoms with E-state index in [1.165, 1.54) is 4.90 Å². The fourth-order valence-corrected chi connectivity index (χ4v) is 2.74. The van der Waals surface area contributed by atoms with Crippen molar-refractivity contribution < 1.29 is 14.0 Å². The third-order valence-electron chi connectivity index (χ3n) is 4.25. The van der Waals surface area contributed by atoms with Gasteiger partial charge in [-0.05, 0) is 43.3 Å². The number of nitrogens with zero attached hydrogens (tertiary/aromatic N) is 3. The predicted molar refractivity (Wildman–Crippen MR) is 111 cm³/mol. The molecule has 0 spiro atoms. The van der Waals surface area contributed by atoms with E-state index in [0.29, 0.717) is 28.9 Å². The van der Waals surface area contributed by atoms with Crippen LogP contribution in [0, 0.1) is 6.92 Å². The highest BCUT2D eigenvalue weighted by Crippen LogP contribution is 2.19. The molecule has 8 heteroatoms. The molecule has 2 aromatic carbocycles. The Hall–Kier alpha value is -3.19. The van der Waals surface area contributed by atoms with Gasteiger partial charge >= 0.3 is 0 Å². The molecule has 0 aliphatic rings. The van der Waals surface area contributed by atoms with Gasteiger partial charge < -0.3 is 14.6 Å². The largest absolute Gasteiger partial charge is 0.421 e. The highest BCUT2D eigenvalue weighted by atomic mass is 35.5. The van der Waals surface area contributed by atoms with Gasteiger partial charge in [0.2, 0.25) is 23.6 Å². The van der Waals surface area contributed by atoms with Gasteiger partial charge in [0.15, 0.2) is 0 Å². The number of halogens is 1. The first kappa shape index (κ1) is 20.5. The van der Waals surface area contributed by atoms with Gasteiger partial charge in [-0.25, -0.2) is 0 Å². The van der Waals surface area contributed by atoms with Crippen molar-refractivity contribution in [2.45, 2.75) is 19.8 Å². The minimum atomic E-state index is -0.289. The maximum Gasteiger partial charge on any atom is 0.247 e. The summed E-state index contributed by atoms with van der Waals surface area (Å²) in [6, 6.07) is 14.5. The summed E-state index contributed by atoms with van der Waals surface area (Å²) in [6.45, 7) is 1.95. The van der Waals surface area contributed by atoms with Gasteiger partial charge in [0.1, 0.15) is 0 Å². The summed E-state index contributed by atoms with van der Waals surface area (Å²) in [5.74, 6) is 0.324. The molecule has 150 valence electrons. The second-order valence-corrected chi connectivity index (χ2v) is 7.11. The van der Waals surface area contributed by atoms with Crippen molar-refractivity contribution in [1.29, 1.82) is 0 Å². The molecule has 0 fully saturated rings. The molecule has 0 radical (unpaired) electrons. The van der Waals surface area contributed by atoms with Crippen LogP contribution in [-0.4, -0.2) is 40.5 Å². The molecule has 0 aliphatic heterocycles. The predicted octanol–water partition coefficient (Wildman–Crippen LogP) is 3.73. The van der Waals surface area contributed by atoms with Crippen LogP contribution >= 0.6 is 11.6 Å². The van der Waals surface area contributed by atoms with Gasteiger partial charge in [0.05, 0.1) is 6.54 Å². The molecule has 3 rings (SSSR count). The molecule has 0 atom stereocenters. The summed E-state index contributed by atoms with van der Waals surface area (Å²) in [4.78, 5) is 25.8. The van der Waals surface area contributed by atoms with Crippen LogP contribution in [0.1, 0.15) is 17.9 Å². The highest BCUT2D eigenvalue weighted by Gasteiger charge is 2.15. The summed E-state index contributed by atoms with van der Waals surface area (Å²) >= 11 is 5.82. The molecule has 2 amide bonds. The minimum Gasteiger partial charge on any atom is -0.421 e. The van der Waals surface area contributed by atoms with Crippen LogP contribution in [0.15, 0.2) is 52.9 Å². The van der Waals surface area contributed by atoms with Crippen molar-refractivity contribution in [3.05, 3.63) is 65.0 Å². The standard InChI is InChI=1S/C21H21ClN4O3/c1-14-3-5-15(6-4-14)21-25-24-19(29-21)11-12-20(28)26(2)13-18(27)23-17-9-7-16(22)8-10-17/h3-10H,11-13H2,1-2H3,(H,23,27). The summed E-state index contributed by atoms with van der Waals surface area (Å²) in [7, 11) is 1.58. The van der Waals surface area contributed by atoms with Crippen LogP contribution in [0.25, 0.3) is 11.5 Å². The quantitative estimate of drug-likeness (QED) is 0.638. The Labute approximate surface area is 173 Å². The van der Waals surface area contributed by atoms with Crippen molar-refractivity contribution in [1.82, 2.24) is 15.1 Å². The van der Waals surface area contributed by atoms with E-state index >= 15 is 0 Å². The lowest BCUT2D eigenvalue weighted by molar-refractivity contribution is -0.133. The van der Waals surface area contributed by atoms with Crippen molar-refractivity contribution in [2.24, 2.45) is 0 Å². The molecule has 7 nitrogen and oxygen atoms in total. The monoisotopic (exact) mass is 412 g/mol. The van der Waals surface area contributed by atoms with Crippen LogP contribution in [-0.2, 0) is 16.0 Å². The van der Waals surface area contributed by atoms with Crippen molar-refractivity contribution in [3.63, 3.8) is 0 Å². The second kappa shape index (κ2) is 9.34. The van der Waals surface area contributed by atoms with E-state index in [9.17, 15) is 9.59 Å². The number of nitrogens with one attached hydrogen (secondary N) is 1. The Morgan fingerprint density at radius 3 is 2.45 bits per heavy atom. The number of carbonyl (C=O) groups is 2. The van der Waals surface area contributed by atoms with Crippen LogP contribution in [0.3, 0.4) is 0 Å². The number of aryl methyl sites for hydroxylation is 2. The number of likely N-dealkylation sites (N-methyl/N-ethyl adjacent to an activating group) is 1. The number of benzene rings is 2. The first-order chi connectivity index (χ1) is 13.9. The Kier molecular flexibility index (Phi) is 6.61. The molecule has 29 heavy (non-hydrogen) atoms. The molecule has 1 N–H and O–H groups in total. The van der Waals surface area contributed by atoms with E-state index in [0.717, 1.165) is 11.1 Å². The maximum absolute atomic E-state index is 12.3. The lowest BCUT2D eigenvalue weighted by Crippen LogP contribution is -2.35. The van der Waals surface area contributed by atoms with Gasteiger partial charge in [-0.1, -0.05) is 29.3 Å². The van der Waals surface area contributed by atoms with Gasteiger partial charge in [0.25, 0.3) is 0 Å². The van der Waals surface area contributed by atoms with E-state index < -0.39 is 0 Å². The highest BCUT2D eigenvalue weighted by molar-refractivity contribution is 6.30. The summed E-state index contributed by atoms with van der Waals surface area (Å²) in [5.41, 5.74) is 2.59. The van der Waals surface area contributed by atoms with Crippen LogP contribution in [0.5, 0.6) is 0 Å². The first-order valence-electron chi connectivity index (χ1n) is 9.09. The van der Waals surface area contributed by atoms with Crippen LogP contribution in [0.4, 0.5) is 5.69 Å². The van der Waals surface area contributed by atoms with E-state index in [1.807, 2.05) is 31.2 Å². The zero-order chi connectivity index (χ0) is 20.8. The van der Waals surface area contributed by atoms with Gasteiger partial charge in [0, 0.05) is 36.2 Å². The molecule has 0 unspecified atom stereocenters. The van der Waals surface area contributed by atoms with Crippen molar-refractivity contribution >= 4 is 29.1 Å². The maximum atomic E-state index is 12.3. The molecule has 0 saturated carbocycles. The topological polar surface area (TPSA) is 88.3 Å². The van der Waals surface area contributed by atoms with E-state index in [-0.39, 0.29) is 24.8 Å². The number of anilines is 1. The Morgan fingerprint density at radius 2 is 1.76 bits per heavy atom. The normalized spacial score (nSPS) is 10.6. The summed E-state index contributed by atoms with van der Waals surface area (Å²) < 4.78 is 5.63. The van der Waals surface area contributed by atoms with Gasteiger partial charge in [-0.15, -0.1) is 10.2 Å². The van der Waals surface area contributed by atoms with Crippen molar-refractivity contribution in [3.8, 4) is 11.5 Å². The minimum absolute atomic E-state index is 0.0556. The SMILES string of the molecule is Cc1ccc(-c2nnc(CCC(=O)N(C)CC(=O)Nc3ccc(Cl)cc3)o2)cc1. The van der Waals surface area contributed by atoms with Gasteiger partial charge in [-0.3, -0.25) is 9.59 Å². The van der Waals surface area contributed by atoms with Crippen LogP contribution in [0.2, 0.25) is 5.02 Å². The van der Waals surface area contributed by atoms with E-state index in [4.69, 9.17) is 16.0 Å². The zero-order valence-electron chi connectivity index (χ0n) is 16.2. The molecular weight excluding hydrogens is 392 g/mol. The molecule has 0 bridgehead atoms. The van der Waals surface area contributed by atoms with Crippen LogP contribution < -0.4 is 5.32 Å². The zero-order valence-corrected chi connectivity index (χ0v) is 16.9.